The van der Waals surface area contributed by atoms with Gasteiger partial charge in [-0.2, -0.15) is 0 Å². The Morgan fingerprint density at radius 1 is 0.867 bits per heavy atom. The maximum absolute atomic E-state index is 13.5. The first-order chi connectivity index (χ1) is 21.5. The number of rotatable bonds is 11. The number of methoxy groups -OCH3 is 1. The lowest BCUT2D eigenvalue weighted by atomic mass is 10.0. The molecular weight excluding hydrogens is 606 g/mol. The molecule has 0 saturated heterocycles. The Hall–Kier alpha value is -4.53. The summed E-state index contributed by atoms with van der Waals surface area (Å²) in [7, 11) is 1.52. The summed E-state index contributed by atoms with van der Waals surface area (Å²) in [6.07, 6.45) is 1.65. The van der Waals surface area contributed by atoms with Gasteiger partial charge < -0.3 is 20.7 Å². The van der Waals surface area contributed by atoms with E-state index < -0.39 is 17.1 Å². The van der Waals surface area contributed by atoms with Crippen molar-refractivity contribution in [1.82, 2.24) is 5.32 Å². The molecule has 3 amide bonds. The average Bonchev–Trinajstić information content (AvgIpc) is 3.03. The molecule has 4 aromatic rings. The fraction of sp³-hybridized carbons (Fsp3) is 0.194. The lowest BCUT2D eigenvalue weighted by molar-refractivity contribution is -0.115. The number of hydrogen-bond donors (Lipinski definition) is 3. The number of amides is 3. The van der Waals surface area contributed by atoms with Gasteiger partial charge in [0.1, 0.15) is 11.4 Å². The van der Waals surface area contributed by atoms with Crippen molar-refractivity contribution in [2.75, 3.05) is 17.7 Å². The van der Waals surface area contributed by atoms with E-state index in [4.69, 9.17) is 16.3 Å². The molecule has 0 bridgehead atoms. The van der Waals surface area contributed by atoms with Crippen LogP contribution in [0.5, 0.6) is 5.75 Å². The molecule has 4 aromatic carbocycles. The SMILES string of the molecule is COc1cc(Cl)c(C)cc1NC(=O)C(C)Sc1cccc(NC(=O)/C(=C\c2ccc(C(C)C)cc2)NC(=O)c2ccccc2)c1. The molecule has 0 saturated carbocycles. The molecule has 45 heavy (non-hydrogen) atoms. The third kappa shape index (κ3) is 9.23. The van der Waals surface area contributed by atoms with Crippen LogP contribution in [0.1, 0.15) is 53.7 Å². The third-order valence-corrected chi connectivity index (χ3v) is 8.46. The van der Waals surface area contributed by atoms with Crippen molar-refractivity contribution in [3.63, 3.8) is 0 Å². The standard InChI is InChI=1S/C36H36ClN3O4S/c1-22(2)26-16-14-25(15-17-26)19-32(40-35(42)27-10-7-6-8-11-27)36(43)38-28-12-9-13-29(20-28)45-24(4)34(41)39-31-18-23(3)30(37)21-33(31)44-5/h6-22,24H,1-5H3,(H,38,43)(H,39,41)(H,40,42)/b32-19+. The van der Waals surface area contributed by atoms with E-state index in [1.165, 1.54) is 24.4 Å². The molecule has 7 nitrogen and oxygen atoms in total. The summed E-state index contributed by atoms with van der Waals surface area (Å²) >= 11 is 7.54. The lowest BCUT2D eigenvalue weighted by Crippen LogP contribution is -2.30. The molecule has 0 spiro atoms. The molecule has 0 aliphatic heterocycles. The fourth-order valence-corrected chi connectivity index (χ4v) is 5.43. The van der Waals surface area contributed by atoms with Gasteiger partial charge >= 0.3 is 0 Å². The summed E-state index contributed by atoms with van der Waals surface area (Å²) < 4.78 is 5.38. The number of hydrogen-bond acceptors (Lipinski definition) is 5. The summed E-state index contributed by atoms with van der Waals surface area (Å²) in [4.78, 5) is 40.4. The minimum absolute atomic E-state index is 0.0964. The average molecular weight is 642 g/mol. The van der Waals surface area contributed by atoms with Crippen LogP contribution in [0.15, 0.2) is 102 Å². The van der Waals surface area contributed by atoms with Crippen LogP contribution in [0.3, 0.4) is 0 Å². The Kier molecular flexibility index (Phi) is 11.5. The van der Waals surface area contributed by atoms with Crippen molar-refractivity contribution in [3.8, 4) is 5.75 Å². The van der Waals surface area contributed by atoms with Gasteiger partial charge in [-0.3, -0.25) is 14.4 Å². The zero-order valence-electron chi connectivity index (χ0n) is 25.8. The van der Waals surface area contributed by atoms with Gasteiger partial charge in [0.2, 0.25) is 5.91 Å². The van der Waals surface area contributed by atoms with Gasteiger partial charge in [0.05, 0.1) is 18.0 Å². The molecule has 9 heteroatoms. The summed E-state index contributed by atoms with van der Waals surface area (Å²) in [6, 6.07) is 27.2. The van der Waals surface area contributed by atoms with Crippen molar-refractivity contribution >= 4 is 58.5 Å². The van der Waals surface area contributed by atoms with Crippen LogP contribution >= 0.6 is 23.4 Å². The van der Waals surface area contributed by atoms with E-state index in [1.54, 1.807) is 67.6 Å². The molecule has 3 N–H and O–H groups in total. The van der Waals surface area contributed by atoms with Crippen LogP contribution in [0, 0.1) is 6.92 Å². The van der Waals surface area contributed by atoms with Gasteiger partial charge in [-0.25, -0.2) is 0 Å². The number of anilines is 2. The molecule has 0 radical (unpaired) electrons. The van der Waals surface area contributed by atoms with E-state index in [1.807, 2.05) is 43.3 Å². The summed E-state index contributed by atoms with van der Waals surface area (Å²) in [5.74, 6) is -0.253. The topological polar surface area (TPSA) is 96.5 Å². The molecule has 1 atom stereocenters. The molecule has 4 rings (SSSR count). The number of nitrogens with one attached hydrogen (secondary N) is 3. The Morgan fingerprint density at radius 2 is 1.58 bits per heavy atom. The van der Waals surface area contributed by atoms with Gasteiger partial charge in [0.25, 0.3) is 11.8 Å². The fourth-order valence-electron chi connectivity index (χ4n) is 4.35. The highest BCUT2D eigenvalue weighted by Gasteiger charge is 2.19. The second-order valence-electron chi connectivity index (χ2n) is 10.7. The number of thioether (sulfide) groups is 1. The predicted octanol–water partition coefficient (Wildman–Crippen LogP) is 8.31. The highest BCUT2D eigenvalue weighted by molar-refractivity contribution is 8.00. The third-order valence-electron chi connectivity index (χ3n) is 6.96. The van der Waals surface area contributed by atoms with Crippen molar-refractivity contribution in [2.24, 2.45) is 0 Å². The Morgan fingerprint density at radius 3 is 2.24 bits per heavy atom. The van der Waals surface area contributed by atoms with Crippen molar-refractivity contribution in [1.29, 1.82) is 0 Å². The number of carbonyl (C=O) groups is 3. The first-order valence-electron chi connectivity index (χ1n) is 14.4. The highest BCUT2D eigenvalue weighted by Crippen LogP contribution is 2.32. The second kappa shape index (κ2) is 15.5. The molecule has 0 fully saturated rings. The van der Waals surface area contributed by atoms with Crippen LogP contribution in [0.2, 0.25) is 5.02 Å². The zero-order chi connectivity index (χ0) is 32.5. The summed E-state index contributed by atoms with van der Waals surface area (Å²) in [5.41, 5.74) is 4.34. The second-order valence-corrected chi connectivity index (χ2v) is 12.6. The first kappa shape index (κ1) is 33.4. The van der Waals surface area contributed by atoms with E-state index in [9.17, 15) is 14.4 Å². The smallest absolute Gasteiger partial charge is 0.272 e. The van der Waals surface area contributed by atoms with E-state index in [0.29, 0.717) is 33.6 Å². The maximum atomic E-state index is 13.5. The maximum Gasteiger partial charge on any atom is 0.272 e. The molecule has 0 heterocycles. The largest absolute Gasteiger partial charge is 0.495 e. The Balaban J connectivity index is 1.50. The van der Waals surface area contributed by atoms with Crippen molar-refractivity contribution in [3.05, 3.63) is 124 Å². The molecular formula is C36H36ClN3O4S. The highest BCUT2D eigenvalue weighted by atomic mass is 35.5. The van der Waals surface area contributed by atoms with Crippen LogP contribution in [-0.4, -0.2) is 30.1 Å². The lowest BCUT2D eigenvalue weighted by Gasteiger charge is -2.16. The van der Waals surface area contributed by atoms with E-state index in [2.05, 4.69) is 29.8 Å². The van der Waals surface area contributed by atoms with Gasteiger partial charge in [-0.1, -0.05) is 74.0 Å². The minimum Gasteiger partial charge on any atom is -0.495 e. The summed E-state index contributed by atoms with van der Waals surface area (Å²) in [5, 5.41) is 8.66. The monoisotopic (exact) mass is 641 g/mol. The van der Waals surface area contributed by atoms with E-state index in [-0.39, 0.29) is 11.6 Å². The summed E-state index contributed by atoms with van der Waals surface area (Å²) in [6.45, 7) is 7.87. The molecule has 0 aliphatic carbocycles. The molecule has 1 unspecified atom stereocenters. The van der Waals surface area contributed by atoms with Gasteiger partial charge in [0.15, 0.2) is 0 Å². The molecule has 0 aromatic heterocycles. The van der Waals surface area contributed by atoms with Crippen LogP contribution in [0.4, 0.5) is 11.4 Å². The predicted molar refractivity (Wildman–Crippen MR) is 184 cm³/mol. The number of halogens is 1. The Labute approximate surface area is 273 Å². The Bertz CT molecular complexity index is 1710. The van der Waals surface area contributed by atoms with Crippen LogP contribution in [0.25, 0.3) is 6.08 Å². The minimum atomic E-state index is -0.481. The van der Waals surface area contributed by atoms with Gasteiger partial charge in [-0.15, -0.1) is 11.8 Å². The first-order valence-corrected chi connectivity index (χ1v) is 15.7. The molecule has 232 valence electrons. The number of aryl methyl sites for hydroxylation is 1. The number of carbonyl (C=O) groups excluding carboxylic acids is 3. The van der Waals surface area contributed by atoms with Crippen LogP contribution < -0.4 is 20.7 Å². The van der Waals surface area contributed by atoms with Crippen molar-refractivity contribution < 1.29 is 19.1 Å². The zero-order valence-corrected chi connectivity index (χ0v) is 27.4. The van der Waals surface area contributed by atoms with E-state index in [0.717, 1.165) is 16.0 Å². The van der Waals surface area contributed by atoms with E-state index >= 15 is 0 Å². The quantitative estimate of drug-likeness (QED) is 0.113. The van der Waals surface area contributed by atoms with Crippen molar-refractivity contribution in [2.45, 2.75) is 43.8 Å². The number of ether oxygens (including phenoxy) is 1. The molecule has 0 aliphatic rings. The number of benzene rings is 4. The van der Waals surface area contributed by atoms with Gasteiger partial charge in [-0.05, 0) is 78.9 Å². The van der Waals surface area contributed by atoms with Crippen LogP contribution in [-0.2, 0) is 9.59 Å². The van der Waals surface area contributed by atoms with Gasteiger partial charge in [0, 0.05) is 27.2 Å². The normalized spacial score (nSPS) is 11.9.